The van der Waals surface area contributed by atoms with Crippen LogP contribution in [0.2, 0.25) is 0 Å². The van der Waals surface area contributed by atoms with Crippen molar-refractivity contribution in [2.75, 3.05) is 6.54 Å². The maximum Gasteiger partial charge on any atom is 0.270 e. The lowest BCUT2D eigenvalue weighted by Crippen LogP contribution is -2.25. The van der Waals surface area contributed by atoms with Gasteiger partial charge in [0.25, 0.3) is 5.91 Å². The molecule has 7 heteroatoms. The summed E-state index contributed by atoms with van der Waals surface area (Å²) >= 11 is 1.45. The van der Waals surface area contributed by atoms with Crippen LogP contribution in [0.5, 0.6) is 0 Å². The van der Waals surface area contributed by atoms with E-state index >= 15 is 0 Å². The van der Waals surface area contributed by atoms with Gasteiger partial charge < -0.3 is 5.32 Å². The second-order valence-electron chi connectivity index (χ2n) is 7.84. The first-order chi connectivity index (χ1) is 15.5. The van der Waals surface area contributed by atoms with Gasteiger partial charge in [-0.15, -0.1) is 11.3 Å². The van der Waals surface area contributed by atoms with Crippen LogP contribution in [-0.4, -0.2) is 22.3 Å². The van der Waals surface area contributed by atoms with Crippen LogP contribution < -0.4 is 5.32 Å². The average molecular weight is 458 g/mol. The summed E-state index contributed by atoms with van der Waals surface area (Å²) in [6.07, 6.45) is 4.42. The van der Waals surface area contributed by atoms with Crippen LogP contribution in [0.1, 0.15) is 59.2 Å². The molecule has 0 aliphatic carbocycles. The molecule has 0 unspecified atom stereocenters. The van der Waals surface area contributed by atoms with Gasteiger partial charge in [-0.05, 0) is 41.8 Å². The van der Waals surface area contributed by atoms with E-state index in [1.807, 2.05) is 0 Å². The van der Waals surface area contributed by atoms with Crippen LogP contribution in [0.3, 0.4) is 0 Å². The van der Waals surface area contributed by atoms with Crippen molar-refractivity contribution in [3.05, 3.63) is 87.4 Å². The maximum absolute atomic E-state index is 13.3. The van der Waals surface area contributed by atoms with Crippen LogP contribution in [0.4, 0.5) is 8.78 Å². The number of carbonyl (C=O) groups excluding carboxylic acids is 1. The number of benzene rings is 2. The number of hydrogen-bond donors (Lipinski definition) is 1. The molecule has 0 aliphatic heterocycles. The summed E-state index contributed by atoms with van der Waals surface area (Å²) in [4.78, 5) is 19.0. The number of carbonyl (C=O) groups is 1. The smallest absolute Gasteiger partial charge is 0.270 e. The third-order valence-electron chi connectivity index (χ3n) is 5.10. The van der Waals surface area contributed by atoms with Crippen LogP contribution >= 0.6 is 11.3 Å². The lowest BCUT2D eigenvalue weighted by molar-refractivity contribution is 0.0948. The van der Waals surface area contributed by atoms with Crippen molar-refractivity contribution in [2.24, 2.45) is 0 Å². The summed E-state index contributed by atoms with van der Waals surface area (Å²) in [6, 6.07) is 12.8. The monoisotopic (exact) mass is 457 g/mol. The van der Waals surface area contributed by atoms with E-state index in [0.29, 0.717) is 31.9 Å². The lowest BCUT2D eigenvalue weighted by atomic mass is 10.1. The minimum absolute atomic E-state index is 0.146. The molecule has 32 heavy (non-hydrogen) atoms. The second-order valence-corrected chi connectivity index (χ2v) is 8.78. The Labute approximate surface area is 192 Å². The van der Waals surface area contributed by atoms with Crippen molar-refractivity contribution >= 4 is 17.2 Å². The van der Waals surface area contributed by atoms with Crippen LogP contribution in [0.15, 0.2) is 53.9 Å². The molecule has 0 aliphatic rings. The van der Waals surface area contributed by atoms with E-state index in [2.05, 4.69) is 22.1 Å². The summed E-state index contributed by atoms with van der Waals surface area (Å²) in [5.74, 6) is -0.694. The number of thiazole rings is 1. The number of nitrogens with zero attached hydrogens (tertiary/aromatic N) is 2. The molecular formula is C25H29F2N3OS. The van der Waals surface area contributed by atoms with Gasteiger partial charge in [0.05, 0.1) is 6.54 Å². The van der Waals surface area contributed by atoms with Crippen LogP contribution in [0.25, 0.3) is 0 Å². The number of hydrogen-bond acceptors (Lipinski definition) is 4. The third-order valence-corrected chi connectivity index (χ3v) is 5.93. The molecule has 4 nitrogen and oxygen atoms in total. The zero-order valence-corrected chi connectivity index (χ0v) is 19.1. The topological polar surface area (TPSA) is 45.2 Å². The van der Waals surface area contributed by atoms with Crippen molar-refractivity contribution in [3.8, 4) is 0 Å². The molecule has 170 valence electrons. The fourth-order valence-electron chi connectivity index (χ4n) is 3.39. The number of rotatable bonds is 12. The first-order valence-electron chi connectivity index (χ1n) is 11.0. The van der Waals surface area contributed by atoms with E-state index in [4.69, 9.17) is 0 Å². The van der Waals surface area contributed by atoms with Gasteiger partial charge in [0.2, 0.25) is 0 Å². The Balaban J connectivity index is 1.64. The van der Waals surface area contributed by atoms with Gasteiger partial charge in [0.1, 0.15) is 22.3 Å². The summed E-state index contributed by atoms with van der Waals surface area (Å²) in [7, 11) is 0. The quantitative estimate of drug-likeness (QED) is 0.343. The van der Waals surface area contributed by atoms with Crippen molar-refractivity contribution in [1.29, 1.82) is 0 Å². The molecule has 1 heterocycles. The van der Waals surface area contributed by atoms with Gasteiger partial charge in [-0.2, -0.15) is 0 Å². The Bertz CT molecular complexity index is 926. The van der Waals surface area contributed by atoms with E-state index in [0.717, 1.165) is 35.4 Å². The summed E-state index contributed by atoms with van der Waals surface area (Å²) in [5, 5.41) is 5.54. The minimum atomic E-state index is -0.274. The molecule has 0 radical (unpaired) electrons. The predicted molar refractivity (Wildman–Crippen MR) is 124 cm³/mol. The van der Waals surface area contributed by atoms with E-state index in [1.165, 1.54) is 42.0 Å². The van der Waals surface area contributed by atoms with Gasteiger partial charge in [-0.25, -0.2) is 13.8 Å². The van der Waals surface area contributed by atoms with E-state index in [9.17, 15) is 13.6 Å². The van der Waals surface area contributed by atoms with Gasteiger partial charge in [-0.1, -0.05) is 50.5 Å². The maximum atomic E-state index is 13.3. The van der Waals surface area contributed by atoms with E-state index in [1.54, 1.807) is 29.6 Å². The summed E-state index contributed by atoms with van der Waals surface area (Å²) in [6.45, 7) is 4.51. The molecule has 0 fully saturated rings. The Kier molecular flexibility index (Phi) is 9.31. The first kappa shape index (κ1) is 24.0. The van der Waals surface area contributed by atoms with E-state index < -0.39 is 0 Å². The Hall–Kier alpha value is -2.64. The molecule has 0 bridgehead atoms. The summed E-state index contributed by atoms with van der Waals surface area (Å²) in [5.41, 5.74) is 2.37. The molecule has 1 amide bonds. The molecule has 0 atom stereocenters. The molecular weight excluding hydrogens is 428 g/mol. The highest BCUT2D eigenvalue weighted by Crippen LogP contribution is 2.18. The molecule has 0 spiro atoms. The Morgan fingerprint density at radius 3 is 2.06 bits per heavy atom. The number of nitrogens with one attached hydrogen (secondary N) is 1. The molecule has 1 N–H and O–H groups in total. The van der Waals surface area contributed by atoms with Gasteiger partial charge in [0.15, 0.2) is 0 Å². The number of unbranched alkanes of at least 4 members (excludes halogenated alkanes) is 3. The normalized spacial score (nSPS) is 11.1. The van der Waals surface area contributed by atoms with Gasteiger partial charge in [-0.3, -0.25) is 9.69 Å². The van der Waals surface area contributed by atoms with Crippen molar-refractivity contribution in [1.82, 2.24) is 15.2 Å². The van der Waals surface area contributed by atoms with Crippen molar-refractivity contribution < 1.29 is 13.6 Å². The lowest BCUT2D eigenvalue weighted by Gasteiger charge is -2.21. The molecule has 2 aromatic carbocycles. The molecule has 3 aromatic rings. The first-order valence-corrected chi connectivity index (χ1v) is 11.9. The highest BCUT2D eigenvalue weighted by molar-refractivity contribution is 7.09. The summed E-state index contributed by atoms with van der Waals surface area (Å²) < 4.78 is 26.6. The SMILES string of the molecule is CCCCCCNC(=O)c1csc(CN(Cc2ccc(F)cc2)Cc2ccc(F)cc2)n1. The highest BCUT2D eigenvalue weighted by Gasteiger charge is 2.14. The Morgan fingerprint density at radius 1 is 0.906 bits per heavy atom. The number of aromatic nitrogens is 1. The number of halogens is 2. The molecule has 1 aromatic heterocycles. The fourth-order valence-corrected chi connectivity index (χ4v) is 4.20. The third kappa shape index (κ3) is 7.80. The molecule has 0 saturated heterocycles. The minimum Gasteiger partial charge on any atom is -0.351 e. The van der Waals surface area contributed by atoms with Crippen molar-refractivity contribution in [2.45, 2.75) is 52.2 Å². The predicted octanol–water partition coefficient (Wildman–Crippen LogP) is 5.93. The van der Waals surface area contributed by atoms with Gasteiger partial charge in [0, 0.05) is 25.0 Å². The number of amides is 1. The van der Waals surface area contributed by atoms with Gasteiger partial charge >= 0.3 is 0 Å². The molecule has 0 saturated carbocycles. The fraction of sp³-hybridized carbons (Fsp3) is 0.360. The van der Waals surface area contributed by atoms with Crippen LogP contribution in [-0.2, 0) is 19.6 Å². The highest BCUT2D eigenvalue weighted by atomic mass is 32.1. The van der Waals surface area contributed by atoms with Crippen molar-refractivity contribution in [3.63, 3.8) is 0 Å². The largest absolute Gasteiger partial charge is 0.351 e. The second kappa shape index (κ2) is 12.4. The van der Waals surface area contributed by atoms with Crippen LogP contribution in [0, 0.1) is 11.6 Å². The van der Waals surface area contributed by atoms with E-state index in [-0.39, 0.29) is 17.5 Å². The standard InChI is InChI=1S/C25H29F2N3OS/c1-2-3-4-5-14-28-25(31)23-18-32-24(29-23)17-30(15-19-6-10-21(26)11-7-19)16-20-8-12-22(27)13-9-20/h6-13,18H,2-5,14-17H2,1H3,(H,28,31). The zero-order valence-electron chi connectivity index (χ0n) is 18.3. The average Bonchev–Trinajstić information content (AvgIpc) is 3.25. The Morgan fingerprint density at radius 2 is 1.50 bits per heavy atom. The molecule has 3 rings (SSSR count). The zero-order chi connectivity index (χ0) is 22.8.